The van der Waals surface area contributed by atoms with Crippen molar-refractivity contribution < 1.29 is 28.7 Å². The quantitative estimate of drug-likeness (QED) is 0.0364. The Labute approximate surface area is 316 Å². The van der Waals surface area contributed by atoms with Crippen LogP contribution in [0.15, 0.2) is 118 Å². The molecule has 0 amide bonds. The largest absolute Gasteiger partial charge is 0.497 e. The summed E-state index contributed by atoms with van der Waals surface area (Å²) >= 11 is 1.29. The van der Waals surface area contributed by atoms with Gasteiger partial charge in [0.1, 0.15) is 23.3 Å². The van der Waals surface area contributed by atoms with Crippen molar-refractivity contribution in [3.63, 3.8) is 0 Å². The van der Waals surface area contributed by atoms with Crippen molar-refractivity contribution in [1.82, 2.24) is 9.13 Å². The summed E-state index contributed by atoms with van der Waals surface area (Å²) in [4.78, 5) is 50.3. The summed E-state index contributed by atoms with van der Waals surface area (Å²) < 4.78 is 27.1. The molecule has 5 aromatic rings. The van der Waals surface area contributed by atoms with E-state index in [0.717, 1.165) is 16.7 Å². The number of carbonyl (C=O) groups excluding carboxylic acids is 1. The first-order chi connectivity index (χ1) is 26.0. The third-order valence-corrected chi connectivity index (χ3v) is 10.5. The first-order valence-electron chi connectivity index (χ1n) is 17.4. The monoisotopic (exact) mass is 751 g/mol. The van der Waals surface area contributed by atoms with E-state index in [2.05, 4.69) is 0 Å². The Kier molecular flexibility index (Phi) is 11.8. The number of aromatic nitrogens is 2. The molecule has 2 heterocycles. The van der Waals surface area contributed by atoms with E-state index in [1.165, 1.54) is 40.0 Å². The van der Waals surface area contributed by atoms with Crippen molar-refractivity contribution in [2.45, 2.75) is 56.1 Å². The minimum atomic E-state index is -1.03. The smallest absolute Gasteiger partial charge is 0.333 e. The summed E-state index contributed by atoms with van der Waals surface area (Å²) in [6.07, 6.45) is 1.70. The van der Waals surface area contributed by atoms with Crippen molar-refractivity contribution in [2.24, 2.45) is 0 Å². The van der Waals surface area contributed by atoms with Crippen molar-refractivity contribution in [3.8, 4) is 11.5 Å². The van der Waals surface area contributed by atoms with E-state index >= 15 is 0 Å². The van der Waals surface area contributed by atoms with Crippen LogP contribution in [-0.4, -0.2) is 52.5 Å². The second-order valence-corrected chi connectivity index (χ2v) is 14.1. The first kappa shape index (κ1) is 38.2. The fourth-order valence-electron chi connectivity index (χ4n) is 6.77. The molecule has 0 spiro atoms. The van der Waals surface area contributed by atoms with Gasteiger partial charge in [-0.2, -0.15) is 0 Å². The molecule has 0 radical (unpaired) electrons. The van der Waals surface area contributed by atoms with E-state index in [0.29, 0.717) is 40.6 Å². The highest BCUT2D eigenvalue weighted by Gasteiger charge is 2.40. The molecule has 13 heteroatoms. The average Bonchev–Trinajstić information content (AvgIpc) is 3.67. The van der Waals surface area contributed by atoms with Gasteiger partial charge in [0.15, 0.2) is 5.78 Å². The SMILES string of the molecule is COc1ccc(C(OC[C@@H]2CC[C@H](n3cc(C)c(=O)n(CCSc4ccc([N+](=O)[O-])c(C(C)=O)c4)c3=O)O2)(c2ccccc2)c2ccc(OC)cc2)cc1. The zero-order valence-electron chi connectivity index (χ0n) is 30.4. The lowest BCUT2D eigenvalue weighted by Crippen LogP contribution is -2.42. The van der Waals surface area contributed by atoms with Crippen LogP contribution in [0, 0.1) is 17.0 Å². The highest BCUT2D eigenvalue weighted by molar-refractivity contribution is 7.99. The molecule has 12 nitrogen and oxygen atoms in total. The standard InChI is InChI=1S/C41H41N3O9S/c1-27-25-43(40(47)42(39(27)46)22-23-54-35-19-20-37(44(48)49)36(24-35)28(2)45)38-21-18-34(53-38)26-52-41(29-8-6-5-7-9-29,30-10-14-32(50-3)15-11-30)31-12-16-33(51-4)17-13-31/h5-17,19-20,24-25,34,38H,18,21-23,26H2,1-4H3/t34-,38+/m0/s1. The fraction of sp³-hybridized carbons (Fsp3) is 0.293. The predicted octanol–water partition coefficient (Wildman–Crippen LogP) is 6.93. The Morgan fingerprint density at radius 1 is 0.907 bits per heavy atom. The number of rotatable bonds is 15. The number of hydrogen-bond donors (Lipinski definition) is 0. The summed E-state index contributed by atoms with van der Waals surface area (Å²) in [7, 11) is 3.25. The number of ketones is 1. The number of Topliss-reactive ketones (excluding diaryl/α,β-unsaturated/α-hetero) is 1. The minimum Gasteiger partial charge on any atom is -0.497 e. The highest BCUT2D eigenvalue weighted by Crippen LogP contribution is 2.42. The molecule has 54 heavy (non-hydrogen) atoms. The topological polar surface area (TPSA) is 141 Å². The maximum atomic E-state index is 13.8. The second-order valence-electron chi connectivity index (χ2n) is 12.9. The van der Waals surface area contributed by atoms with Crippen LogP contribution in [0.5, 0.6) is 11.5 Å². The zero-order chi connectivity index (χ0) is 38.4. The van der Waals surface area contributed by atoms with Gasteiger partial charge in [-0.15, -0.1) is 11.8 Å². The molecule has 1 fully saturated rings. The molecule has 4 aromatic carbocycles. The van der Waals surface area contributed by atoms with Crippen LogP contribution in [0.1, 0.15) is 58.6 Å². The lowest BCUT2D eigenvalue weighted by atomic mass is 9.80. The van der Waals surface area contributed by atoms with Gasteiger partial charge >= 0.3 is 5.69 Å². The molecule has 0 saturated carbocycles. The van der Waals surface area contributed by atoms with Crippen LogP contribution >= 0.6 is 11.8 Å². The Bertz CT molecular complexity index is 2190. The van der Waals surface area contributed by atoms with Gasteiger partial charge in [-0.1, -0.05) is 54.6 Å². The third kappa shape index (κ3) is 7.88. The summed E-state index contributed by atoms with van der Waals surface area (Å²) in [6, 6.07) is 29.8. The molecule has 1 aliphatic heterocycles. The van der Waals surface area contributed by atoms with Crippen LogP contribution in [-0.2, 0) is 21.6 Å². The number of nitro benzene ring substituents is 1. The van der Waals surface area contributed by atoms with Gasteiger partial charge in [-0.3, -0.25) is 28.8 Å². The van der Waals surface area contributed by atoms with Gasteiger partial charge in [0, 0.05) is 35.0 Å². The molecule has 1 saturated heterocycles. The maximum absolute atomic E-state index is 13.8. The Morgan fingerprint density at radius 3 is 2.09 bits per heavy atom. The van der Waals surface area contributed by atoms with Crippen molar-refractivity contribution in [3.05, 3.63) is 162 Å². The van der Waals surface area contributed by atoms with Crippen LogP contribution < -0.4 is 20.7 Å². The number of benzene rings is 4. The summed E-state index contributed by atoms with van der Waals surface area (Å²) in [6.45, 7) is 3.21. The Morgan fingerprint density at radius 2 is 1.52 bits per heavy atom. The number of thioether (sulfide) groups is 1. The average molecular weight is 752 g/mol. The summed E-state index contributed by atoms with van der Waals surface area (Å²) in [5, 5.41) is 11.3. The van der Waals surface area contributed by atoms with Gasteiger partial charge < -0.3 is 18.9 Å². The number of aryl methyl sites for hydroxylation is 1. The van der Waals surface area contributed by atoms with E-state index in [1.54, 1.807) is 33.4 Å². The number of ether oxygens (including phenoxy) is 4. The highest BCUT2D eigenvalue weighted by atomic mass is 32.2. The molecule has 1 aliphatic rings. The van der Waals surface area contributed by atoms with E-state index in [4.69, 9.17) is 18.9 Å². The zero-order valence-corrected chi connectivity index (χ0v) is 31.2. The van der Waals surface area contributed by atoms with Crippen LogP contribution in [0.4, 0.5) is 5.69 Å². The van der Waals surface area contributed by atoms with Crippen LogP contribution in [0.3, 0.4) is 0 Å². The molecule has 280 valence electrons. The van der Waals surface area contributed by atoms with E-state index in [1.807, 2.05) is 78.9 Å². The minimum absolute atomic E-state index is 0.00556. The molecular weight excluding hydrogens is 711 g/mol. The molecule has 0 N–H and O–H groups in total. The van der Waals surface area contributed by atoms with Gasteiger partial charge in [0.05, 0.1) is 37.4 Å². The first-order valence-corrected chi connectivity index (χ1v) is 18.4. The Balaban J connectivity index is 1.23. The number of hydrogen-bond acceptors (Lipinski definition) is 10. The molecule has 2 atom stereocenters. The molecule has 0 bridgehead atoms. The molecule has 6 rings (SSSR count). The summed E-state index contributed by atoms with van der Waals surface area (Å²) in [5.74, 6) is 1.32. The van der Waals surface area contributed by atoms with Gasteiger partial charge in [-0.05, 0) is 79.8 Å². The van der Waals surface area contributed by atoms with Gasteiger partial charge in [-0.25, -0.2) is 4.79 Å². The van der Waals surface area contributed by atoms with Gasteiger partial charge in [0.25, 0.3) is 11.2 Å². The van der Waals surface area contributed by atoms with E-state index in [-0.39, 0.29) is 30.5 Å². The Hall–Kier alpha value is -5.50. The van der Waals surface area contributed by atoms with E-state index in [9.17, 15) is 24.5 Å². The third-order valence-electron chi connectivity index (χ3n) is 9.55. The lowest BCUT2D eigenvalue weighted by molar-refractivity contribution is -0.385. The number of carbonyl (C=O) groups is 1. The number of nitro groups is 1. The van der Waals surface area contributed by atoms with E-state index < -0.39 is 33.8 Å². The number of methoxy groups -OCH3 is 2. The van der Waals surface area contributed by atoms with Crippen molar-refractivity contribution >= 4 is 23.2 Å². The van der Waals surface area contributed by atoms with Crippen LogP contribution in [0.2, 0.25) is 0 Å². The van der Waals surface area contributed by atoms with Crippen molar-refractivity contribution in [1.29, 1.82) is 0 Å². The summed E-state index contributed by atoms with van der Waals surface area (Å²) in [5.41, 5.74) is 0.874. The second kappa shape index (κ2) is 16.7. The van der Waals surface area contributed by atoms with Crippen molar-refractivity contribution in [2.75, 3.05) is 26.6 Å². The maximum Gasteiger partial charge on any atom is 0.333 e. The molecule has 0 unspecified atom stereocenters. The van der Waals surface area contributed by atoms with Crippen LogP contribution in [0.25, 0.3) is 0 Å². The molecular formula is C41H41N3O9S. The van der Waals surface area contributed by atoms with Gasteiger partial charge in [0.2, 0.25) is 0 Å². The normalized spacial score (nSPS) is 15.6. The fourth-order valence-corrected chi connectivity index (χ4v) is 7.64. The molecule has 0 aliphatic carbocycles. The number of nitrogens with zero attached hydrogens (tertiary/aromatic N) is 3. The molecule has 1 aromatic heterocycles. The lowest BCUT2D eigenvalue weighted by Gasteiger charge is -2.37. The predicted molar refractivity (Wildman–Crippen MR) is 205 cm³/mol.